The van der Waals surface area contributed by atoms with E-state index in [0.717, 1.165) is 0 Å². The number of nitrogens with one attached hydrogen (secondary N) is 1. The van der Waals surface area contributed by atoms with E-state index in [0.29, 0.717) is 5.56 Å². The molecule has 1 aliphatic rings. The molecule has 2 nitrogen and oxygen atoms in total. The van der Waals surface area contributed by atoms with E-state index < -0.39 is 11.7 Å². The molecule has 16 heavy (non-hydrogen) atoms. The van der Waals surface area contributed by atoms with Crippen LogP contribution >= 0.6 is 0 Å². The van der Waals surface area contributed by atoms with Crippen LogP contribution in [-0.4, -0.2) is 16.8 Å². The second kappa shape index (κ2) is 3.66. The summed E-state index contributed by atoms with van der Waals surface area (Å²) in [5.41, 5.74) is -1.24. The fraction of sp³-hybridized carbons (Fsp3) is 0.455. The van der Waals surface area contributed by atoms with Crippen molar-refractivity contribution in [3.8, 4) is 5.75 Å². The van der Waals surface area contributed by atoms with Crippen molar-refractivity contribution in [2.24, 2.45) is 0 Å². The Kier molecular flexibility index (Phi) is 2.58. The molecule has 0 bridgehead atoms. The molecule has 1 fully saturated rings. The largest absolute Gasteiger partial charge is 0.508 e. The number of hydrogen-bond acceptors (Lipinski definition) is 2. The number of phenols is 1. The van der Waals surface area contributed by atoms with Crippen LogP contribution in [0.4, 0.5) is 13.2 Å². The van der Waals surface area contributed by atoms with Crippen molar-refractivity contribution in [2.75, 3.05) is 0 Å². The maximum atomic E-state index is 12.6. The lowest BCUT2D eigenvalue weighted by molar-refractivity contribution is -0.166. The highest BCUT2D eigenvalue weighted by Gasteiger charge is 2.62. The lowest BCUT2D eigenvalue weighted by atomic mass is 10.1. The molecule has 5 heteroatoms. The predicted molar refractivity (Wildman–Crippen MR) is 53.0 cm³/mol. The zero-order valence-electron chi connectivity index (χ0n) is 8.51. The minimum absolute atomic E-state index is 0.0213. The van der Waals surface area contributed by atoms with E-state index >= 15 is 0 Å². The molecule has 0 atom stereocenters. The van der Waals surface area contributed by atoms with Gasteiger partial charge in [-0.25, -0.2) is 0 Å². The second-order valence-electron chi connectivity index (χ2n) is 4.06. The van der Waals surface area contributed by atoms with Crippen LogP contribution in [0.1, 0.15) is 18.4 Å². The summed E-state index contributed by atoms with van der Waals surface area (Å²) in [6.45, 7) is 0.0339. The molecule has 0 spiro atoms. The fourth-order valence-corrected chi connectivity index (χ4v) is 1.61. The van der Waals surface area contributed by atoms with E-state index in [1.54, 1.807) is 18.2 Å². The van der Waals surface area contributed by atoms with E-state index in [1.165, 1.54) is 6.07 Å². The highest BCUT2D eigenvalue weighted by molar-refractivity contribution is 5.32. The van der Waals surface area contributed by atoms with Gasteiger partial charge in [-0.1, -0.05) is 18.2 Å². The molecule has 1 saturated carbocycles. The first-order valence-corrected chi connectivity index (χ1v) is 5.03. The lowest BCUT2D eigenvalue weighted by Gasteiger charge is -2.20. The lowest BCUT2D eigenvalue weighted by Crippen LogP contribution is -2.44. The number of para-hydroxylation sites is 1. The van der Waals surface area contributed by atoms with Crippen molar-refractivity contribution in [1.82, 2.24) is 5.32 Å². The topological polar surface area (TPSA) is 32.3 Å². The van der Waals surface area contributed by atoms with Gasteiger partial charge in [-0.2, -0.15) is 13.2 Å². The number of halogens is 3. The van der Waals surface area contributed by atoms with Crippen LogP contribution in [0.25, 0.3) is 0 Å². The zero-order chi connectivity index (χ0) is 11.8. The first-order valence-electron chi connectivity index (χ1n) is 5.03. The highest BCUT2D eigenvalue weighted by atomic mass is 19.4. The minimum Gasteiger partial charge on any atom is -0.508 e. The third-order valence-corrected chi connectivity index (χ3v) is 2.90. The van der Waals surface area contributed by atoms with Crippen molar-refractivity contribution in [3.63, 3.8) is 0 Å². The first kappa shape index (κ1) is 11.3. The van der Waals surface area contributed by atoms with Crippen LogP contribution in [-0.2, 0) is 6.54 Å². The summed E-state index contributed by atoms with van der Waals surface area (Å²) in [5.74, 6) is 0.0213. The van der Waals surface area contributed by atoms with Gasteiger partial charge in [-0.05, 0) is 18.9 Å². The molecular formula is C11H12F3NO. The maximum Gasteiger partial charge on any atom is 0.406 e. The van der Waals surface area contributed by atoms with Crippen LogP contribution in [0, 0.1) is 0 Å². The SMILES string of the molecule is Oc1ccccc1CNC1(C(F)(F)F)CC1. The molecule has 0 aliphatic heterocycles. The Morgan fingerprint density at radius 3 is 2.38 bits per heavy atom. The summed E-state index contributed by atoms with van der Waals surface area (Å²) < 4.78 is 37.7. The van der Waals surface area contributed by atoms with Crippen LogP contribution in [0.3, 0.4) is 0 Å². The van der Waals surface area contributed by atoms with E-state index in [2.05, 4.69) is 5.32 Å². The van der Waals surface area contributed by atoms with Gasteiger partial charge in [-0.3, -0.25) is 5.32 Å². The van der Waals surface area contributed by atoms with Crippen LogP contribution in [0.2, 0.25) is 0 Å². The number of rotatable bonds is 3. The monoisotopic (exact) mass is 231 g/mol. The summed E-state index contributed by atoms with van der Waals surface area (Å²) in [4.78, 5) is 0. The van der Waals surface area contributed by atoms with Gasteiger partial charge in [0.1, 0.15) is 11.3 Å². The molecule has 0 heterocycles. The van der Waals surface area contributed by atoms with Crippen LogP contribution < -0.4 is 5.32 Å². The normalized spacial score (nSPS) is 18.4. The Balaban J connectivity index is 2.01. The Hall–Kier alpha value is -1.23. The Morgan fingerprint density at radius 2 is 1.88 bits per heavy atom. The van der Waals surface area contributed by atoms with Crippen LogP contribution in [0.15, 0.2) is 24.3 Å². The van der Waals surface area contributed by atoms with Gasteiger partial charge in [-0.15, -0.1) is 0 Å². The van der Waals surface area contributed by atoms with Crippen molar-refractivity contribution in [2.45, 2.75) is 31.1 Å². The van der Waals surface area contributed by atoms with Gasteiger partial charge in [0, 0.05) is 12.1 Å². The molecule has 0 saturated heterocycles. The molecule has 1 aromatic carbocycles. The van der Waals surface area contributed by atoms with Gasteiger partial charge >= 0.3 is 6.18 Å². The minimum atomic E-state index is -4.21. The zero-order valence-corrected chi connectivity index (χ0v) is 8.51. The van der Waals surface area contributed by atoms with Crippen molar-refractivity contribution >= 4 is 0 Å². The highest BCUT2D eigenvalue weighted by Crippen LogP contribution is 2.49. The third kappa shape index (κ3) is 2.00. The number of phenolic OH excluding ortho intramolecular Hbond substituents is 1. The summed E-state index contributed by atoms with van der Waals surface area (Å²) in [7, 11) is 0. The summed E-state index contributed by atoms with van der Waals surface area (Å²) in [6.07, 6.45) is -3.98. The first-order chi connectivity index (χ1) is 7.45. The maximum absolute atomic E-state index is 12.6. The average molecular weight is 231 g/mol. The Morgan fingerprint density at radius 1 is 1.25 bits per heavy atom. The molecule has 2 rings (SSSR count). The number of benzene rings is 1. The van der Waals surface area contributed by atoms with E-state index in [4.69, 9.17) is 0 Å². The Bertz CT molecular complexity index is 385. The molecule has 0 radical (unpaired) electrons. The van der Waals surface area contributed by atoms with Gasteiger partial charge in [0.25, 0.3) is 0 Å². The third-order valence-electron chi connectivity index (χ3n) is 2.90. The van der Waals surface area contributed by atoms with Crippen molar-refractivity contribution < 1.29 is 18.3 Å². The number of aromatic hydroxyl groups is 1. The Labute approximate surface area is 91.1 Å². The summed E-state index contributed by atoms with van der Waals surface area (Å²) in [5, 5.41) is 11.9. The van der Waals surface area contributed by atoms with E-state index in [-0.39, 0.29) is 25.1 Å². The van der Waals surface area contributed by atoms with Crippen LogP contribution in [0.5, 0.6) is 5.75 Å². The smallest absolute Gasteiger partial charge is 0.406 e. The predicted octanol–water partition coefficient (Wildman–Crippen LogP) is 2.58. The van der Waals surface area contributed by atoms with Gasteiger partial charge < -0.3 is 5.11 Å². The summed E-state index contributed by atoms with van der Waals surface area (Å²) >= 11 is 0. The molecule has 1 aromatic rings. The summed E-state index contributed by atoms with van der Waals surface area (Å²) in [6, 6.07) is 6.39. The van der Waals surface area contributed by atoms with Crippen molar-refractivity contribution in [1.29, 1.82) is 0 Å². The molecule has 2 N–H and O–H groups in total. The molecule has 0 aromatic heterocycles. The van der Waals surface area contributed by atoms with Gasteiger partial charge in [0.05, 0.1) is 0 Å². The number of hydrogen-bond donors (Lipinski definition) is 2. The molecule has 1 aliphatic carbocycles. The molecule has 0 unspecified atom stereocenters. The molecular weight excluding hydrogens is 219 g/mol. The average Bonchev–Trinajstić information content (AvgIpc) is 2.96. The van der Waals surface area contributed by atoms with E-state index in [9.17, 15) is 18.3 Å². The molecule has 0 amide bonds. The van der Waals surface area contributed by atoms with Crippen molar-refractivity contribution in [3.05, 3.63) is 29.8 Å². The standard InChI is InChI=1S/C11H12F3NO/c12-11(13,14)10(5-6-10)15-7-8-3-1-2-4-9(8)16/h1-4,15-16H,5-7H2. The van der Waals surface area contributed by atoms with E-state index in [1.807, 2.05) is 0 Å². The fourth-order valence-electron chi connectivity index (χ4n) is 1.61. The molecule has 88 valence electrons. The van der Waals surface area contributed by atoms with Gasteiger partial charge in [0.2, 0.25) is 0 Å². The number of alkyl halides is 3. The quantitative estimate of drug-likeness (QED) is 0.838. The van der Waals surface area contributed by atoms with Gasteiger partial charge in [0.15, 0.2) is 0 Å². The second-order valence-corrected chi connectivity index (χ2v) is 4.06.